The number of ether oxygens (including phenoxy) is 2. The Morgan fingerprint density at radius 2 is 1.88 bits per heavy atom. The van der Waals surface area contributed by atoms with Crippen LogP contribution in [0.25, 0.3) is 10.9 Å². The quantitative estimate of drug-likeness (QED) is 0.379. The number of fused-ring (bicyclic) bond motifs is 3. The summed E-state index contributed by atoms with van der Waals surface area (Å²) in [5.41, 5.74) is -2.18. The van der Waals surface area contributed by atoms with E-state index in [0.29, 0.717) is 0 Å². The summed E-state index contributed by atoms with van der Waals surface area (Å²) in [6, 6.07) is 7.37. The van der Waals surface area contributed by atoms with Crippen LogP contribution in [0.4, 0.5) is 17.6 Å². The smallest absolute Gasteiger partial charge is 0.491 e. The third-order valence-corrected chi connectivity index (χ3v) is 7.62. The lowest BCUT2D eigenvalue weighted by atomic mass is 9.97. The molecule has 1 aliphatic rings. The highest BCUT2D eigenvalue weighted by atomic mass is 35.5. The highest BCUT2D eigenvalue weighted by molar-refractivity contribution is 7.90. The van der Waals surface area contributed by atoms with Crippen LogP contribution in [0.2, 0.25) is 5.02 Å². The molecule has 34 heavy (non-hydrogen) atoms. The van der Waals surface area contributed by atoms with Crippen LogP contribution in [0.1, 0.15) is 12.5 Å². The highest BCUT2D eigenvalue weighted by Gasteiger charge is 2.49. The van der Waals surface area contributed by atoms with Gasteiger partial charge in [-0.2, -0.15) is 13.2 Å². The normalized spacial score (nSPS) is 19.4. The Bertz CT molecular complexity index is 1410. The van der Waals surface area contributed by atoms with Crippen LogP contribution < -0.4 is 4.74 Å². The van der Waals surface area contributed by atoms with Gasteiger partial charge in [0.25, 0.3) is 10.0 Å². The lowest BCUT2D eigenvalue weighted by molar-refractivity contribution is -0.229. The first-order valence-corrected chi connectivity index (χ1v) is 11.6. The first-order chi connectivity index (χ1) is 15.8. The van der Waals surface area contributed by atoms with Gasteiger partial charge in [0.15, 0.2) is 5.72 Å². The number of rotatable bonds is 3. The van der Waals surface area contributed by atoms with E-state index in [4.69, 9.17) is 21.1 Å². The maximum Gasteiger partial charge on any atom is 0.491 e. The summed E-state index contributed by atoms with van der Waals surface area (Å²) in [5.74, 6) is -3.39. The van der Waals surface area contributed by atoms with Gasteiger partial charge in [-0.05, 0) is 38.2 Å². The Morgan fingerprint density at radius 1 is 1.21 bits per heavy atom. The van der Waals surface area contributed by atoms with Gasteiger partial charge in [-0.25, -0.2) is 21.6 Å². The molecule has 7 nitrogen and oxygen atoms in total. The van der Waals surface area contributed by atoms with Crippen LogP contribution in [0.5, 0.6) is 5.75 Å². The number of aromatic nitrogens is 1. The van der Waals surface area contributed by atoms with E-state index in [1.54, 1.807) is 0 Å². The van der Waals surface area contributed by atoms with E-state index >= 15 is 0 Å². The van der Waals surface area contributed by atoms with E-state index in [0.717, 1.165) is 22.3 Å². The molecule has 1 unspecified atom stereocenters. The van der Waals surface area contributed by atoms with Crippen LogP contribution in [-0.4, -0.2) is 49.6 Å². The lowest BCUT2D eigenvalue weighted by Gasteiger charge is -2.37. The number of hydrogen-bond donors (Lipinski definition) is 0. The number of benzene rings is 2. The number of nitrogens with zero attached hydrogens (tertiary/aromatic N) is 2. The van der Waals surface area contributed by atoms with Crippen molar-refractivity contribution in [3.63, 3.8) is 0 Å². The van der Waals surface area contributed by atoms with E-state index in [2.05, 4.69) is 0 Å². The fourth-order valence-electron chi connectivity index (χ4n) is 3.84. The summed E-state index contributed by atoms with van der Waals surface area (Å²) in [7, 11) is -3.07. The van der Waals surface area contributed by atoms with Crippen molar-refractivity contribution >= 4 is 38.5 Å². The molecule has 0 bridgehead atoms. The maximum atomic E-state index is 14.3. The molecule has 182 valence electrons. The van der Waals surface area contributed by atoms with Crippen molar-refractivity contribution in [2.24, 2.45) is 0 Å². The van der Waals surface area contributed by atoms with Crippen LogP contribution in [0.15, 0.2) is 47.5 Å². The Morgan fingerprint density at radius 3 is 2.53 bits per heavy atom. The Balaban J connectivity index is 2.01. The number of esters is 1. The zero-order valence-corrected chi connectivity index (χ0v) is 19.3. The van der Waals surface area contributed by atoms with Crippen molar-refractivity contribution in [2.45, 2.75) is 23.7 Å². The fraction of sp³-hybridized carbons (Fsp3) is 0.286. The van der Waals surface area contributed by atoms with E-state index < -0.39 is 38.6 Å². The van der Waals surface area contributed by atoms with Crippen molar-refractivity contribution in [2.75, 3.05) is 20.2 Å². The summed E-state index contributed by atoms with van der Waals surface area (Å²) in [6.07, 6.45) is -4.28. The predicted octanol–water partition coefficient (Wildman–Crippen LogP) is 4.27. The number of likely N-dealkylation sites (N-methyl/N-ethyl adjacent to an activating group) is 1. The van der Waals surface area contributed by atoms with Crippen molar-refractivity contribution < 1.29 is 40.2 Å². The van der Waals surface area contributed by atoms with Gasteiger partial charge in [-0.1, -0.05) is 23.7 Å². The van der Waals surface area contributed by atoms with Crippen molar-refractivity contribution in [1.29, 1.82) is 0 Å². The van der Waals surface area contributed by atoms with Crippen molar-refractivity contribution in [1.82, 2.24) is 8.87 Å². The number of halogens is 5. The zero-order chi connectivity index (χ0) is 25.1. The fourth-order valence-corrected chi connectivity index (χ4v) is 5.62. The Labute approximate surface area is 196 Å². The maximum absolute atomic E-state index is 14.3. The average molecular weight is 521 g/mol. The molecule has 1 aliphatic heterocycles. The van der Waals surface area contributed by atoms with Crippen LogP contribution in [-0.2, 0) is 25.3 Å². The first kappa shape index (κ1) is 24.3. The van der Waals surface area contributed by atoms with Gasteiger partial charge in [-0.3, -0.25) is 4.90 Å². The van der Waals surface area contributed by atoms with Crippen LogP contribution in [0, 0.1) is 5.82 Å². The highest BCUT2D eigenvalue weighted by Crippen LogP contribution is 2.46. The minimum absolute atomic E-state index is 0.0229. The third-order valence-electron chi connectivity index (χ3n) is 5.62. The van der Waals surface area contributed by atoms with Gasteiger partial charge < -0.3 is 9.47 Å². The molecule has 0 saturated heterocycles. The summed E-state index contributed by atoms with van der Waals surface area (Å²) in [6.45, 7) is 1.34. The standard InChI is InChI=1S/C21H17ClF4N2O5S/c1-20(33-19(29)21(24,25)26)18-15(32-10-9-27(20)2)8-7-14-17(18)12(22)11-28(14)34(30,31)16-6-4-3-5-13(16)23/h3-8,11H,9-10H2,1-2H3. The molecule has 2 heterocycles. The SMILES string of the molecule is CN1CCOc2ccc3c(c(Cl)cn3S(=O)(=O)c3ccccc3F)c2C1(C)OC(=O)C(F)(F)F. The molecule has 2 aromatic carbocycles. The summed E-state index contributed by atoms with van der Waals surface area (Å²) < 4.78 is 91.4. The average Bonchev–Trinajstić information content (AvgIpc) is 3.04. The van der Waals surface area contributed by atoms with Crippen LogP contribution in [0.3, 0.4) is 0 Å². The predicted molar refractivity (Wildman–Crippen MR) is 114 cm³/mol. The number of alkyl halides is 3. The van der Waals surface area contributed by atoms with Gasteiger partial charge in [0.05, 0.1) is 16.1 Å². The zero-order valence-electron chi connectivity index (χ0n) is 17.7. The molecule has 0 radical (unpaired) electrons. The Kier molecular flexibility index (Phi) is 5.82. The van der Waals surface area contributed by atoms with Crippen molar-refractivity contribution in [3.05, 3.63) is 59.0 Å². The van der Waals surface area contributed by atoms with E-state index in [1.807, 2.05) is 0 Å². The topological polar surface area (TPSA) is 77.8 Å². The Hall–Kier alpha value is -2.83. The van der Waals surface area contributed by atoms with Gasteiger partial charge in [0.2, 0.25) is 0 Å². The monoisotopic (exact) mass is 520 g/mol. The van der Waals surface area contributed by atoms with E-state index in [1.165, 1.54) is 43.1 Å². The van der Waals surface area contributed by atoms with Crippen molar-refractivity contribution in [3.8, 4) is 5.75 Å². The summed E-state index contributed by atoms with van der Waals surface area (Å²) in [4.78, 5) is 12.5. The second-order valence-corrected chi connectivity index (χ2v) is 9.87. The molecule has 0 saturated carbocycles. The van der Waals surface area contributed by atoms with E-state index in [9.17, 15) is 30.8 Å². The lowest BCUT2D eigenvalue weighted by Crippen LogP contribution is -2.47. The molecular formula is C21H17ClF4N2O5S. The second-order valence-electron chi connectivity index (χ2n) is 7.68. The molecule has 0 spiro atoms. The third kappa shape index (κ3) is 3.79. The summed E-state index contributed by atoms with van der Waals surface area (Å²) in [5, 5.41) is -0.203. The molecule has 0 N–H and O–H groups in total. The van der Waals surface area contributed by atoms with Gasteiger partial charge in [-0.15, -0.1) is 0 Å². The van der Waals surface area contributed by atoms with Crippen LogP contribution >= 0.6 is 11.6 Å². The molecule has 1 atom stereocenters. The number of carbonyl (C=O) groups excluding carboxylic acids is 1. The molecule has 4 rings (SSSR count). The summed E-state index contributed by atoms with van der Waals surface area (Å²) >= 11 is 6.39. The molecule has 1 aromatic heterocycles. The minimum atomic E-state index is -5.28. The molecule has 0 fully saturated rings. The molecule has 13 heteroatoms. The van der Waals surface area contributed by atoms with E-state index in [-0.39, 0.29) is 40.4 Å². The van der Waals surface area contributed by atoms with Gasteiger partial charge >= 0.3 is 12.1 Å². The molecule has 3 aromatic rings. The number of hydrogen-bond acceptors (Lipinski definition) is 6. The minimum Gasteiger partial charge on any atom is -0.492 e. The molecule has 0 amide bonds. The van der Waals surface area contributed by atoms with Gasteiger partial charge in [0.1, 0.15) is 23.1 Å². The number of carbonyl (C=O) groups is 1. The van der Waals surface area contributed by atoms with Gasteiger partial charge in [0, 0.05) is 18.1 Å². The molecular weight excluding hydrogens is 504 g/mol. The largest absolute Gasteiger partial charge is 0.492 e. The molecule has 0 aliphatic carbocycles. The second kappa shape index (κ2) is 8.14. The first-order valence-electron chi connectivity index (χ1n) is 9.77.